The van der Waals surface area contributed by atoms with Gasteiger partial charge in [0, 0.05) is 61.1 Å². The van der Waals surface area contributed by atoms with E-state index in [9.17, 15) is 17.6 Å². The van der Waals surface area contributed by atoms with E-state index in [1.807, 2.05) is 0 Å². The molecule has 0 amide bonds. The van der Waals surface area contributed by atoms with Crippen LogP contribution in [0, 0.1) is 11.6 Å². The van der Waals surface area contributed by atoms with Gasteiger partial charge in [-0.25, -0.2) is 37.5 Å². The molecule has 2 N–H and O–H groups in total. The molecule has 0 unspecified atom stereocenters. The Hall–Kier alpha value is -4.22. The lowest BCUT2D eigenvalue weighted by molar-refractivity contribution is 0.0960. The van der Waals surface area contributed by atoms with E-state index in [2.05, 4.69) is 40.5 Å². The zero-order chi connectivity index (χ0) is 28.0. The van der Waals surface area contributed by atoms with Gasteiger partial charge in [0.15, 0.2) is 0 Å². The second-order valence-electron chi connectivity index (χ2n) is 10.1. The molecule has 0 atom stereocenters. The van der Waals surface area contributed by atoms with Crippen LogP contribution in [0.5, 0.6) is 0 Å². The molecule has 40 heavy (non-hydrogen) atoms. The lowest BCUT2D eigenvalue weighted by atomic mass is 9.65. The number of halogens is 4. The average Bonchev–Trinajstić information content (AvgIpc) is 2.94. The maximum atomic E-state index is 13.9. The summed E-state index contributed by atoms with van der Waals surface area (Å²) >= 11 is 0. The van der Waals surface area contributed by atoms with Gasteiger partial charge in [0.1, 0.15) is 24.0 Å². The van der Waals surface area contributed by atoms with Crippen LogP contribution in [0.3, 0.4) is 0 Å². The fourth-order valence-electron chi connectivity index (χ4n) is 5.25. The summed E-state index contributed by atoms with van der Waals surface area (Å²) in [5.74, 6) is 0.112. The maximum Gasteiger partial charge on any atom is 0.222 e. The van der Waals surface area contributed by atoms with E-state index < -0.39 is 34.8 Å². The molecule has 0 aromatic carbocycles. The monoisotopic (exact) mass is 552 g/mol. The van der Waals surface area contributed by atoms with Gasteiger partial charge in [-0.05, 0) is 62.1 Å². The minimum absolute atomic E-state index is 0.265. The topological polar surface area (TPSA) is 101 Å². The molecule has 2 fully saturated rings. The van der Waals surface area contributed by atoms with E-state index in [-0.39, 0.29) is 25.7 Å². The van der Waals surface area contributed by atoms with Gasteiger partial charge in [-0.2, -0.15) is 0 Å². The Labute approximate surface area is 228 Å². The summed E-state index contributed by atoms with van der Waals surface area (Å²) in [4.78, 5) is 24.4. The Morgan fingerprint density at radius 2 is 0.925 bits per heavy atom. The Kier molecular flexibility index (Phi) is 8.13. The molecule has 0 aliphatic heterocycles. The molecular formula is C28H28F4N8. The first-order valence-corrected chi connectivity index (χ1v) is 12.9. The summed E-state index contributed by atoms with van der Waals surface area (Å²) in [5, 5.41) is 6.08. The molecule has 2 aliphatic rings. The maximum absolute atomic E-state index is 13.9. The first-order valence-electron chi connectivity index (χ1n) is 12.9. The molecule has 0 radical (unpaired) electrons. The van der Waals surface area contributed by atoms with E-state index in [1.54, 1.807) is 36.9 Å². The van der Waals surface area contributed by atoms with Gasteiger partial charge in [-0.1, -0.05) is 0 Å². The third kappa shape index (κ3) is 6.00. The van der Waals surface area contributed by atoms with Crippen LogP contribution < -0.4 is 10.6 Å². The number of hydrogen-bond acceptors (Lipinski definition) is 8. The van der Waals surface area contributed by atoms with E-state index in [0.29, 0.717) is 36.4 Å². The van der Waals surface area contributed by atoms with Crippen LogP contribution in [-0.4, -0.2) is 55.3 Å². The molecule has 12 heteroatoms. The van der Waals surface area contributed by atoms with E-state index in [4.69, 9.17) is 0 Å². The van der Waals surface area contributed by atoms with E-state index in [1.165, 1.54) is 36.7 Å². The number of rotatable bonds is 8. The molecule has 0 spiro atoms. The number of aromatic nitrogens is 6. The third-order valence-corrected chi connectivity index (χ3v) is 7.27. The van der Waals surface area contributed by atoms with Gasteiger partial charge in [-0.3, -0.25) is 9.97 Å². The van der Waals surface area contributed by atoms with E-state index in [0.717, 1.165) is 0 Å². The zero-order valence-electron chi connectivity index (χ0n) is 21.5. The smallest absolute Gasteiger partial charge is 0.222 e. The number of nitrogens with zero attached hydrogens (tertiary/aromatic N) is 6. The number of hydrogen-bond donors (Lipinski definition) is 2. The molecule has 6 rings (SSSR count). The van der Waals surface area contributed by atoms with Crippen molar-refractivity contribution in [3.63, 3.8) is 0 Å². The number of anilines is 2. The minimum Gasteiger partial charge on any atom is -0.353 e. The Bertz CT molecular complexity index is 1280. The molecule has 2 aliphatic carbocycles. The van der Waals surface area contributed by atoms with Crippen LogP contribution in [0.1, 0.15) is 37.1 Å². The zero-order valence-corrected chi connectivity index (χ0v) is 21.5. The molecule has 0 saturated heterocycles. The third-order valence-electron chi connectivity index (χ3n) is 7.27. The first kappa shape index (κ1) is 27.4. The van der Waals surface area contributed by atoms with Crippen molar-refractivity contribution < 1.29 is 17.6 Å². The van der Waals surface area contributed by atoms with Gasteiger partial charge >= 0.3 is 0 Å². The lowest BCUT2D eigenvalue weighted by Crippen LogP contribution is -2.49. The summed E-state index contributed by atoms with van der Waals surface area (Å²) in [6.45, 7) is 0.733. The van der Waals surface area contributed by atoms with Crippen molar-refractivity contribution in [1.29, 1.82) is 0 Å². The fourth-order valence-corrected chi connectivity index (χ4v) is 5.25. The number of alkyl halides is 2. The van der Waals surface area contributed by atoms with E-state index >= 15 is 0 Å². The fraction of sp³-hybridized carbons (Fsp3) is 0.357. The van der Waals surface area contributed by atoms with Crippen LogP contribution in [0.4, 0.5) is 29.5 Å². The van der Waals surface area contributed by atoms with Crippen LogP contribution in [0.2, 0.25) is 0 Å². The van der Waals surface area contributed by atoms with Crippen molar-refractivity contribution in [2.24, 2.45) is 0 Å². The summed E-state index contributed by atoms with van der Waals surface area (Å²) in [5.41, 5.74) is -0.608. The molecule has 4 heterocycles. The van der Waals surface area contributed by atoms with Crippen molar-refractivity contribution in [2.45, 2.75) is 48.9 Å². The standard InChI is InChI=1S/2C14H14F2N4/c2*15-10-7-14(8-10,12-11(16)3-1-4-17-12)9-20-13-18-5-2-6-19-13/h2*1-6,10H,7-9H2,(H,18,19,20). The Morgan fingerprint density at radius 1 is 0.575 bits per heavy atom. The number of pyridine rings is 2. The highest BCUT2D eigenvalue weighted by molar-refractivity contribution is 5.32. The summed E-state index contributed by atoms with van der Waals surface area (Å²) in [6.07, 6.45) is 8.76. The molecule has 4 aromatic heterocycles. The molecule has 2 saturated carbocycles. The number of nitrogens with one attached hydrogen (secondary N) is 2. The van der Waals surface area contributed by atoms with Gasteiger partial charge in [-0.15, -0.1) is 0 Å². The van der Waals surface area contributed by atoms with Crippen LogP contribution in [0.25, 0.3) is 0 Å². The van der Waals surface area contributed by atoms with Crippen molar-refractivity contribution in [3.05, 3.63) is 96.6 Å². The Morgan fingerprint density at radius 3 is 1.25 bits per heavy atom. The minimum atomic E-state index is -0.908. The lowest BCUT2D eigenvalue weighted by Gasteiger charge is -2.43. The summed E-state index contributed by atoms with van der Waals surface area (Å²) < 4.78 is 54.5. The summed E-state index contributed by atoms with van der Waals surface area (Å²) in [7, 11) is 0. The van der Waals surface area contributed by atoms with Crippen molar-refractivity contribution in [3.8, 4) is 0 Å². The highest BCUT2D eigenvalue weighted by Crippen LogP contribution is 2.46. The predicted octanol–water partition coefficient (Wildman–Crippen LogP) is 4.99. The Balaban J connectivity index is 0.000000161. The van der Waals surface area contributed by atoms with Gasteiger partial charge in [0.2, 0.25) is 11.9 Å². The van der Waals surface area contributed by atoms with Gasteiger partial charge in [0.25, 0.3) is 0 Å². The molecule has 8 nitrogen and oxygen atoms in total. The largest absolute Gasteiger partial charge is 0.353 e. The summed E-state index contributed by atoms with van der Waals surface area (Å²) in [6, 6.07) is 9.20. The van der Waals surface area contributed by atoms with Gasteiger partial charge in [0.05, 0.1) is 11.4 Å². The van der Waals surface area contributed by atoms with Gasteiger partial charge < -0.3 is 10.6 Å². The quantitative estimate of drug-likeness (QED) is 0.295. The van der Waals surface area contributed by atoms with Crippen molar-refractivity contribution in [2.75, 3.05) is 23.7 Å². The van der Waals surface area contributed by atoms with Crippen molar-refractivity contribution >= 4 is 11.9 Å². The normalized spacial score (nSPS) is 25.0. The first-order chi connectivity index (χ1) is 19.4. The van der Waals surface area contributed by atoms with Crippen LogP contribution in [-0.2, 0) is 10.8 Å². The molecule has 4 aromatic rings. The molecule has 0 bridgehead atoms. The molecule has 208 valence electrons. The van der Waals surface area contributed by atoms with Crippen molar-refractivity contribution in [1.82, 2.24) is 29.9 Å². The average molecular weight is 553 g/mol. The highest BCUT2D eigenvalue weighted by atomic mass is 19.1. The van der Waals surface area contributed by atoms with Crippen LogP contribution in [0.15, 0.2) is 73.6 Å². The second-order valence-corrected chi connectivity index (χ2v) is 10.1. The second kappa shape index (κ2) is 11.9. The SMILES string of the molecule is Fc1cccnc1C1(CNc2ncccn2)CC(F)C1.Fc1cccnc1C1(CNc2ncccn2)CC(F)C1. The van der Waals surface area contributed by atoms with Crippen LogP contribution >= 0.6 is 0 Å². The molecular weight excluding hydrogens is 524 g/mol. The predicted molar refractivity (Wildman–Crippen MR) is 141 cm³/mol. The highest BCUT2D eigenvalue weighted by Gasteiger charge is 2.49.